The standard InChI is InChI=1S/C26H29F3N4O4/c1-13-11-33(12-14(2)37-13)25(35)17-6-7-21(23(8-17)36-5)30-15(3)18-9-19-22(10-20(18)26(27,28)29)31-16(4)32-24(19)34/h6-10,13-15,30H,11-12H2,1-5H3,(H,31,32,34)/t13-,14+,15-/m0/s1. The van der Waals surface area contributed by atoms with Gasteiger partial charge in [0.05, 0.1) is 41.5 Å². The van der Waals surface area contributed by atoms with E-state index in [4.69, 9.17) is 9.47 Å². The van der Waals surface area contributed by atoms with Crippen molar-refractivity contribution in [2.75, 3.05) is 25.5 Å². The number of hydrogen-bond acceptors (Lipinski definition) is 6. The maximum Gasteiger partial charge on any atom is 0.416 e. The molecule has 198 valence electrons. The molecule has 3 atom stereocenters. The van der Waals surface area contributed by atoms with Crippen LogP contribution in [0.5, 0.6) is 5.75 Å². The molecule has 11 heteroatoms. The molecular formula is C26H29F3N4O4. The first kappa shape index (κ1) is 26.5. The van der Waals surface area contributed by atoms with E-state index in [-0.39, 0.29) is 40.4 Å². The van der Waals surface area contributed by atoms with Crippen LogP contribution in [-0.2, 0) is 10.9 Å². The lowest BCUT2D eigenvalue weighted by atomic mass is 9.98. The second-order valence-corrected chi connectivity index (χ2v) is 9.35. The van der Waals surface area contributed by atoms with Gasteiger partial charge < -0.3 is 24.7 Å². The first-order chi connectivity index (χ1) is 17.4. The van der Waals surface area contributed by atoms with Crippen molar-refractivity contribution >= 4 is 22.5 Å². The zero-order chi connectivity index (χ0) is 27.1. The number of ether oxygens (including phenoxy) is 2. The molecule has 0 radical (unpaired) electrons. The third kappa shape index (κ3) is 5.56. The van der Waals surface area contributed by atoms with Crippen molar-refractivity contribution in [3.8, 4) is 5.75 Å². The van der Waals surface area contributed by atoms with Gasteiger partial charge in [-0.25, -0.2) is 4.98 Å². The van der Waals surface area contributed by atoms with Crippen LogP contribution in [0.25, 0.3) is 10.9 Å². The number of H-pyrrole nitrogens is 1. The van der Waals surface area contributed by atoms with Gasteiger partial charge in [-0.2, -0.15) is 13.2 Å². The van der Waals surface area contributed by atoms with E-state index in [0.717, 1.165) is 6.07 Å². The molecule has 1 aliphatic rings. The van der Waals surface area contributed by atoms with Crippen LogP contribution in [0.15, 0.2) is 35.1 Å². The second kappa shape index (κ2) is 10.0. The number of aromatic nitrogens is 2. The summed E-state index contributed by atoms with van der Waals surface area (Å²) in [4.78, 5) is 33.8. The topological polar surface area (TPSA) is 96.5 Å². The molecule has 2 aromatic carbocycles. The Kier molecular flexibility index (Phi) is 7.18. The smallest absolute Gasteiger partial charge is 0.416 e. The summed E-state index contributed by atoms with van der Waals surface area (Å²) in [5.74, 6) is 0.345. The molecule has 0 unspecified atom stereocenters. The molecular weight excluding hydrogens is 489 g/mol. The van der Waals surface area contributed by atoms with Crippen LogP contribution in [0.4, 0.5) is 18.9 Å². The Morgan fingerprint density at radius 2 is 1.89 bits per heavy atom. The normalized spacial score (nSPS) is 19.1. The summed E-state index contributed by atoms with van der Waals surface area (Å²) in [6, 6.07) is 6.01. The number of methoxy groups -OCH3 is 1. The lowest BCUT2D eigenvalue weighted by molar-refractivity contribution is -0.138. The highest BCUT2D eigenvalue weighted by Crippen LogP contribution is 2.38. The Morgan fingerprint density at radius 3 is 2.51 bits per heavy atom. The van der Waals surface area contributed by atoms with Crippen molar-refractivity contribution in [1.82, 2.24) is 14.9 Å². The van der Waals surface area contributed by atoms with Crippen LogP contribution in [-0.4, -0.2) is 53.2 Å². The molecule has 1 aromatic heterocycles. The van der Waals surface area contributed by atoms with Crippen molar-refractivity contribution in [3.05, 3.63) is 63.2 Å². The van der Waals surface area contributed by atoms with Gasteiger partial charge in [0.2, 0.25) is 0 Å². The van der Waals surface area contributed by atoms with E-state index in [0.29, 0.717) is 30.1 Å². The van der Waals surface area contributed by atoms with Crippen LogP contribution < -0.4 is 15.6 Å². The first-order valence-corrected chi connectivity index (χ1v) is 11.9. The van der Waals surface area contributed by atoms with Gasteiger partial charge in [0.15, 0.2) is 0 Å². The van der Waals surface area contributed by atoms with E-state index in [9.17, 15) is 22.8 Å². The van der Waals surface area contributed by atoms with Gasteiger partial charge in [-0.3, -0.25) is 9.59 Å². The molecule has 1 saturated heterocycles. The van der Waals surface area contributed by atoms with E-state index in [1.165, 1.54) is 20.1 Å². The fourth-order valence-corrected chi connectivity index (χ4v) is 4.70. The number of aryl methyl sites for hydroxylation is 1. The monoisotopic (exact) mass is 518 g/mol. The van der Waals surface area contributed by atoms with Crippen LogP contribution in [0.3, 0.4) is 0 Å². The van der Waals surface area contributed by atoms with Gasteiger partial charge in [0.25, 0.3) is 11.5 Å². The number of carbonyl (C=O) groups excluding carboxylic acids is 1. The molecule has 37 heavy (non-hydrogen) atoms. The van der Waals surface area contributed by atoms with Crippen LogP contribution in [0.1, 0.15) is 54.1 Å². The molecule has 1 fully saturated rings. The highest BCUT2D eigenvalue weighted by atomic mass is 19.4. The minimum atomic E-state index is -4.66. The third-order valence-electron chi connectivity index (χ3n) is 6.29. The van der Waals surface area contributed by atoms with Crippen molar-refractivity contribution in [3.63, 3.8) is 0 Å². The van der Waals surface area contributed by atoms with Crippen LogP contribution in [0.2, 0.25) is 0 Å². The summed E-state index contributed by atoms with van der Waals surface area (Å²) in [7, 11) is 1.42. The number of anilines is 1. The van der Waals surface area contributed by atoms with Gasteiger partial charge in [0, 0.05) is 24.7 Å². The predicted molar refractivity (Wildman–Crippen MR) is 133 cm³/mol. The molecule has 3 aromatic rings. The molecule has 2 heterocycles. The minimum absolute atomic E-state index is 0.0308. The van der Waals surface area contributed by atoms with E-state index >= 15 is 0 Å². The maximum absolute atomic E-state index is 14.0. The summed E-state index contributed by atoms with van der Waals surface area (Å²) in [5.41, 5.74) is -0.757. The Bertz CT molecular complexity index is 1380. The fraction of sp³-hybridized carbons (Fsp3) is 0.423. The number of amides is 1. The average Bonchev–Trinajstić information content (AvgIpc) is 2.81. The van der Waals surface area contributed by atoms with E-state index in [1.54, 1.807) is 30.0 Å². The number of aromatic amines is 1. The number of fused-ring (bicyclic) bond motifs is 1. The highest BCUT2D eigenvalue weighted by Gasteiger charge is 2.36. The number of morpholine rings is 1. The highest BCUT2D eigenvalue weighted by molar-refractivity contribution is 5.95. The SMILES string of the molecule is COc1cc(C(=O)N2C[C@@H](C)O[C@@H](C)C2)ccc1N[C@@H](C)c1cc2c(=O)[nH]c(C)nc2cc1C(F)(F)F. The Morgan fingerprint density at radius 1 is 1.22 bits per heavy atom. The lowest BCUT2D eigenvalue weighted by Gasteiger charge is -2.35. The molecule has 8 nitrogen and oxygen atoms in total. The van der Waals surface area contributed by atoms with Gasteiger partial charge in [-0.05, 0) is 63.6 Å². The second-order valence-electron chi connectivity index (χ2n) is 9.35. The zero-order valence-corrected chi connectivity index (χ0v) is 21.2. The quantitative estimate of drug-likeness (QED) is 0.509. The van der Waals surface area contributed by atoms with Crippen molar-refractivity contribution < 1.29 is 27.4 Å². The first-order valence-electron chi connectivity index (χ1n) is 11.9. The average molecular weight is 519 g/mol. The van der Waals surface area contributed by atoms with E-state index in [1.807, 2.05) is 13.8 Å². The molecule has 4 rings (SSSR count). The molecule has 0 bridgehead atoms. The van der Waals surface area contributed by atoms with E-state index in [2.05, 4.69) is 15.3 Å². The minimum Gasteiger partial charge on any atom is -0.495 e. The number of rotatable bonds is 5. The summed E-state index contributed by atoms with van der Waals surface area (Å²) < 4.78 is 53.1. The maximum atomic E-state index is 14.0. The molecule has 0 aliphatic carbocycles. The molecule has 0 saturated carbocycles. The number of carbonyl (C=O) groups is 1. The van der Waals surface area contributed by atoms with Crippen molar-refractivity contribution in [2.24, 2.45) is 0 Å². The summed E-state index contributed by atoms with van der Waals surface area (Å²) in [6.07, 6.45) is -4.84. The van der Waals surface area contributed by atoms with Gasteiger partial charge in [-0.1, -0.05) is 0 Å². The summed E-state index contributed by atoms with van der Waals surface area (Å²) in [5, 5.41) is 3.10. The number of halogens is 3. The summed E-state index contributed by atoms with van der Waals surface area (Å²) >= 11 is 0. The number of nitrogens with one attached hydrogen (secondary N) is 2. The number of hydrogen-bond donors (Lipinski definition) is 2. The van der Waals surface area contributed by atoms with Crippen molar-refractivity contribution in [2.45, 2.75) is 52.1 Å². The van der Waals surface area contributed by atoms with Crippen molar-refractivity contribution in [1.29, 1.82) is 0 Å². The Balaban J connectivity index is 1.66. The zero-order valence-electron chi connectivity index (χ0n) is 21.2. The Hall–Kier alpha value is -3.60. The number of alkyl halides is 3. The summed E-state index contributed by atoms with van der Waals surface area (Å²) in [6.45, 7) is 7.78. The van der Waals surface area contributed by atoms with Gasteiger partial charge in [-0.15, -0.1) is 0 Å². The fourth-order valence-electron chi connectivity index (χ4n) is 4.70. The van der Waals surface area contributed by atoms with Crippen LogP contribution >= 0.6 is 0 Å². The lowest BCUT2D eigenvalue weighted by Crippen LogP contribution is -2.48. The number of nitrogens with zero attached hydrogens (tertiary/aromatic N) is 2. The van der Waals surface area contributed by atoms with Gasteiger partial charge in [0.1, 0.15) is 11.6 Å². The Labute approximate surface area is 211 Å². The largest absolute Gasteiger partial charge is 0.495 e. The third-order valence-corrected chi connectivity index (χ3v) is 6.29. The van der Waals surface area contributed by atoms with Gasteiger partial charge >= 0.3 is 6.18 Å². The molecule has 1 aliphatic heterocycles. The molecule has 1 amide bonds. The van der Waals surface area contributed by atoms with E-state index < -0.39 is 23.3 Å². The predicted octanol–water partition coefficient (Wildman–Crippen LogP) is 4.68. The molecule has 2 N–H and O–H groups in total. The van der Waals surface area contributed by atoms with Crippen LogP contribution in [0, 0.1) is 6.92 Å². The molecule has 0 spiro atoms. The number of benzene rings is 2.